The molecular formula is C25H34O4. The lowest BCUT2D eigenvalue weighted by molar-refractivity contribution is -0.168. The summed E-state index contributed by atoms with van der Waals surface area (Å²) in [6.07, 6.45) is 16.3. The van der Waals surface area contributed by atoms with Gasteiger partial charge in [-0.05, 0) is 68.1 Å². The molecule has 0 aromatic carbocycles. The molecule has 0 heterocycles. The first-order valence-corrected chi connectivity index (χ1v) is 11.2. The largest absolute Gasteiger partial charge is 0.462 e. The highest BCUT2D eigenvalue weighted by Crippen LogP contribution is 2.67. The fourth-order valence-electron chi connectivity index (χ4n) is 7.64. The highest BCUT2D eigenvalue weighted by Gasteiger charge is 2.65. The van der Waals surface area contributed by atoms with E-state index in [1.54, 1.807) is 0 Å². The second kappa shape index (κ2) is 6.89. The lowest BCUT2D eigenvalue weighted by Crippen LogP contribution is -2.55. The summed E-state index contributed by atoms with van der Waals surface area (Å²) in [5.41, 5.74) is 0.766. The van der Waals surface area contributed by atoms with Gasteiger partial charge in [0.2, 0.25) is 0 Å². The number of hydrogen-bond donors (Lipinski definition) is 0. The Kier molecular flexibility index (Phi) is 4.88. The Morgan fingerprint density at radius 3 is 2.45 bits per heavy atom. The minimum Gasteiger partial charge on any atom is -0.462 e. The summed E-state index contributed by atoms with van der Waals surface area (Å²) in [5.74, 6) is 4.17. The van der Waals surface area contributed by atoms with Crippen molar-refractivity contribution in [1.82, 2.24) is 0 Å². The molecule has 4 rings (SSSR count). The highest BCUT2D eigenvalue weighted by atomic mass is 16.6. The Bertz CT molecular complexity index is 791. The van der Waals surface area contributed by atoms with Crippen molar-refractivity contribution in [2.75, 3.05) is 0 Å². The van der Waals surface area contributed by atoms with Crippen LogP contribution in [0.2, 0.25) is 0 Å². The van der Waals surface area contributed by atoms with Gasteiger partial charge in [0, 0.05) is 25.7 Å². The van der Waals surface area contributed by atoms with Gasteiger partial charge in [0.05, 0.1) is 0 Å². The number of hydrogen-bond acceptors (Lipinski definition) is 4. The molecular weight excluding hydrogens is 364 g/mol. The highest BCUT2D eigenvalue weighted by molar-refractivity contribution is 5.67. The van der Waals surface area contributed by atoms with E-state index < -0.39 is 5.60 Å². The number of rotatable bonds is 2. The van der Waals surface area contributed by atoms with E-state index in [0.29, 0.717) is 17.8 Å². The molecule has 0 amide bonds. The minimum atomic E-state index is -0.758. The van der Waals surface area contributed by atoms with Gasteiger partial charge in [-0.25, -0.2) is 0 Å². The zero-order valence-corrected chi connectivity index (χ0v) is 18.3. The maximum Gasteiger partial charge on any atom is 0.304 e. The van der Waals surface area contributed by atoms with Gasteiger partial charge in [0.1, 0.15) is 6.10 Å². The molecule has 3 fully saturated rings. The first kappa shape index (κ1) is 20.5. The van der Waals surface area contributed by atoms with Crippen molar-refractivity contribution in [1.29, 1.82) is 0 Å². The van der Waals surface area contributed by atoms with Crippen molar-refractivity contribution in [2.45, 2.75) is 90.8 Å². The van der Waals surface area contributed by atoms with Gasteiger partial charge in [-0.1, -0.05) is 31.4 Å². The third-order valence-electron chi connectivity index (χ3n) is 9.06. The van der Waals surface area contributed by atoms with E-state index in [4.69, 9.17) is 15.9 Å². The minimum absolute atomic E-state index is 0.0294. The molecule has 0 bridgehead atoms. The van der Waals surface area contributed by atoms with Crippen molar-refractivity contribution < 1.29 is 19.1 Å². The standard InChI is InChI=1S/C25H34O4/c1-6-25(29-17(3)27)14-11-22-20-8-7-18-15-19(28-16(2)26)9-12-23(18,4)21(20)10-13-24(22,25)5/h1,7,19-22H,8-15H2,2-5H3. The van der Waals surface area contributed by atoms with Crippen molar-refractivity contribution >= 4 is 11.9 Å². The van der Waals surface area contributed by atoms with Gasteiger partial charge >= 0.3 is 11.9 Å². The zero-order valence-electron chi connectivity index (χ0n) is 18.3. The summed E-state index contributed by atoms with van der Waals surface area (Å²) >= 11 is 0. The third-order valence-corrected chi connectivity index (χ3v) is 9.06. The van der Waals surface area contributed by atoms with E-state index in [1.807, 2.05) is 0 Å². The van der Waals surface area contributed by atoms with Crippen molar-refractivity contribution in [2.24, 2.45) is 28.6 Å². The van der Waals surface area contributed by atoms with Crippen LogP contribution in [0.3, 0.4) is 0 Å². The maximum atomic E-state index is 11.8. The second-order valence-corrected chi connectivity index (χ2v) is 10.3. The Hall–Kier alpha value is -1.76. The molecule has 0 aromatic rings. The van der Waals surface area contributed by atoms with Crippen LogP contribution in [0.4, 0.5) is 0 Å². The Morgan fingerprint density at radius 1 is 1.07 bits per heavy atom. The van der Waals surface area contributed by atoms with Crippen LogP contribution in [0.25, 0.3) is 0 Å². The van der Waals surface area contributed by atoms with Crippen LogP contribution < -0.4 is 0 Å². The summed E-state index contributed by atoms with van der Waals surface area (Å²) in [4.78, 5) is 23.3. The molecule has 3 saturated carbocycles. The molecule has 7 atom stereocenters. The normalized spacial score (nSPS) is 45.7. The van der Waals surface area contributed by atoms with Gasteiger partial charge in [-0.3, -0.25) is 9.59 Å². The van der Waals surface area contributed by atoms with Crippen molar-refractivity contribution in [3.8, 4) is 12.3 Å². The molecule has 4 heteroatoms. The number of carbonyl (C=O) groups is 2. The molecule has 0 saturated heterocycles. The molecule has 158 valence electrons. The number of carbonyl (C=O) groups excluding carboxylic acids is 2. The smallest absolute Gasteiger partial charge is 0.304 e. The van der Waals surface area contributed by atoms with E-state index in [-0.39, 0.29) is 28.9 Å². The number of fused-ring (bicyclic) bond motifs is 5. The van der Waals surface area contributed by atoms with Crippen LogP contribution in [0.5, 0.6) is 0 Å². The molecule has 0 N–H and O–H groups in total. The zero-order chi connectivity index (χ0) is 21.0. The van der Waals surface area contributed by atoms with Gasteiger partial charge in [0.15, 0.2) is 5.60 Å². The van der Waals surface area contributed by atoms with Gasteiger partial charge < -0.3 is 9.47 Å². The Labute approximate surface area is 174 Å². The van der Waals surface area contributed by atoms with Crippen LogP contribution >= 0.6 is 0 Å². The molecule has 29 heavy (non-hydrogen) atoms. The van der Waals surface area contributed by atoms with Gasteiger partial charge in [0.25, 0.3) is 0 Å². The first-order chi connectivity index (χ1) is 13.6. The summed E-state index contributed by atoms with van der Waals surface area (Å²) in [6.45, 7) is 7.67. The summed E-state index contributed by atoms with van der Waals surface area (Å²) < 4.78 is 11.4. The average molecular weight is 399 g/mol. The molecule has 0 aromatic heterocycles. The molecule has 4 aliphatic rings. The molecule has 4 nitrogen and oxygen atoms in total. The third kappa shape index (κ3) is 2.95. The van der Waals surface area contributed by atoms with Gasteiger partial charge in [-0.2, -0.15) is 0 Å². The monoisotopic (exact) mass is 398 g/mol. The van der Waals surface area contributed by atoms with Crippen molar-refractivity contribution in [3.05, 3.63) is 11.6 Å². The summed E-state index contributed by atoms with van der Waals surface area (Å²) in [7, 11) is 0. The number of allylic oxidation sites excluding steroid dienone is 1. The lowest BCUT2D eigenvalue weighted by Gasteiger charge is -2.58. The van der Waals surface area contributed by atoms with Crippen LogP contribution in [-0.4, -0.2) is 23.6 Å². The van der Waals surface area contributed by atoms with Crippen LogP contribution in [-0.2, 0) is 19.1 Å². The fourth-order valence-corrected chi connectivity index (χ4v) is 7.64. The molecule has 4 aliphatic carbocycles. The van der Waals surface area contributed by atoms with E-state index in [1.165, 1.54) is 19.4 Å². The molecule has 0 radical (unpaired) electrons. The Balaban J connectivity index is 1.61. The predicted molar refractivity (Wildman–Crippen MR) is 111 cm³/mol. The van der Waals surface area contributed by atoms with E-state index >= 15 is 0 Å². The van der Waals surface area contributed by atoms with Crippen LogP contribution in [0, 0.1) is 40.9 Å². The van der Waals surface area contributed by atoms with E-state index in [2.05, 4.69) is 25.8 Å². The van der Waals surface area contributed by atoms with E-state index in [0.717, 1.165) is 51.4 Å². The predicted octanol–water partition coefficient (Wildman–Crippen LogP) is 4.82. The second-order valence-electron chi connectivity index (χ2n) is 10.3. The molecule has 7 unspecified atom stereocenters. The quantitative estimate of drug-likeness (QED) is 0.380. The fraction of sp³-hybridized carbons (Fsp3) is 0.760. The lowest BCUT2D eigenvalue weighted by atomic mass is 9.47. The number of esters is 2. The Morgan fingerprint density at radius 2 is 1.79 bits per heavy atom. The van der Waals surface area contributed by atoms with Crippen LogP contribution in [0.15, 0.2) is 11.6 Å². The average Bonchev–Trinajstić information content (AvgIpc) is 2.94. The number of ether oxygens (including phenoxy) is 2. The van der Waals surface area contributed by atoms with E-state index in [9.17, 15) is 9.59 Å². The topological polar surface area (TPSA) is 52.6 Å². The molecule has 0 spiro atoms. The maximum absolute atomic E-state index is 11.8. The summed E-state index contributed by atoms with van der Waals surface area (Å²) in [6, 6.07) is 0. The SMILES string of the molecule is C#CC1(OC(C)=O)CCC2C3CC=C4CC(OC(C)=O)CCC4(C)C3CCC21C. The first-order valence-electron chi connectivity index (χ1n) is 11.2. The number of terminal acetylenes is 1. The van der Waals surface area contributed by atoms with Crippen molar-refractivity contribution in [3.63, 3.8) is 0 Å². The van der Waals surface area contributed by atoms with Crippen LogP contribution in [0.1, 0.15) is 79.1 Å². The summed E-state index contributed by atoms with van der Waals surface area (Å²) in [5, 5.41) is 0. The molecule has 0 aliphatic heterocycles. The van der Waals surface area contributed by atoms with Gasteiger partial charge in [-0.15, -0.1) is 6.42 Å².